The maximum absolute atomic E-state index is 5.94. The molecule has 0 fully saturated rings. The van der Waals surface area contributed by atoms with Crippen molar-refractivity contribution in [2.75, 3.05) is 13.7 Å². The summed E-state index contributed by atoms with van der Waals surface area (Å²) in [6.07, 6.45) is 0. The van der Waals surface area contributed by atoms with Gasteiger partial charge in [-0.25, -0.2) is 0 Å². The lowest BCUT2D eigenvalue weighted by atomic mass is 10.2. The molecule has 0 saturated heterocycles. The van der Waals surface area contributed by atoms with Gasteiger partial charge in [0.2, 0.25) is 0 Å². The summed E-state index contributed by atoms with van der Waals surface area (Å²) in [4.78, 5) is 0. The summed E-state index contributed by atoms with van der Waals surface area (Å²) in [6, 6.07) is 3.74. The van der Waals surface area contributed by atoms with Gasteiger partial charge in [0.25, 0.3) is 0 Å². The molecule has 4 heteroatoms. The van der Waals surface area contributed by atoms with Crippen LogP contribution in [0.25, 0.3) is 0 Å². The highest BCUT2D eigenvalue weighted by molar-refractivity contribution is 9.10. The monoisotopic (exact) mass is 277 g/mol. The topological polar surface area (TPSA) is 21.3 Å². The summed E-state index contributed by atoms with van der Waals surface area (Å²) in [6.45, 7) is 3.75. The van der Waals surface area contributed by atoms with Crippen LogP contribution in [-0.4, -0.2) is 13.7 Å². The normalized spacial score (nSPS) is 10.3. The lowest BCUT2D eigenvalue weighted by Crippen LogP contribution is -2.12. The Labute approximate surface area is 97.7 Å². The minimum atomic E-state index is 0.713. The third kappa shape index (κ3) is 2.87. The minimum absolute atomic E-state index is 0.713. The largest absolute Gasteiger partial charge is 0.495 e. The summed E-state index contributed by atoms with van der Waals surface area (Å²) in [5.74, 6) is 0.843. The second-order valence-corrected chi connectivity index (χ2v) is 4.15. The van der Waals surface area contributed by atoms with Crippen LogP contribution in [0.1, 0.15) is 12.5 Å². The molecular formula is C10H13BrClNO. The molecule has 14 heavy (non-hydrogen) atoms. The lowest BCUT2D eigenvalue weighted by Gasteiger charge is -2.11. The first-order valence-corrected chi connectivity index (χ1v) is 5.58. The molecule has 0 amide bonds. The van der Waals surface area contributed by atoms with Crippen LogP contribution in [0.15, 0.2) is 16.6 Å². The highest BCUT2D eigenvalue weighted by atomic mass is 79.9. The molecule has 78 valence electrons. The number of methoxy groups -OCH3 is 1. The van der Waals surface area contributed by atoms with E-state index in [-0.39, 0.29) is 0 Å². The van der Waals surface area contributed by atoms with Crippen molar-refractivity contribution in [1.82, 2.24) is 5.32 Å². The first kappa shape index (κ1) is 11.8. The lowest BCUT2D eigenvalue weighted by molar-refractivity contribution is 0.405. The molecule has 0 saturated carbocycles. The molecule has 0 bridgehead atoms. The molecule has 0 aliphatic carbocycles. The zero-order chi connectivity index (χ0) is 10.6. The van der Waals surface area contributed by atoms with Gasteiger partial charge in [-0.05, 0) is 34.6 Å². The van der Waals surface area contributed by atoms with Crippen LogP contribution in [0.2, 0.25) is 5.02 Å². The van der Waals surface area contributed by atoms with Gasteiger partial charge in [0.05, 0.1) is 11.6 Å². The second kappa shape index (κ2) is 5.59. The number of rotatable bonds is 4. The molecule has 2 nitrogen and oxygen atoms in total. The van der Waals surface area contributed by atoms with Crippen molar-refractivity contribution in [2.45, 2.75) is 13.5 Å². The van der Waals surface area contributed by atoms with Crippen LogP contribution < -0.4 is 10.1 Å². The molecule has 0 heterocycles. The van der Waals surface area contributed by atoms with Crippen molar-refractivity contribution in [3.8, 4) is 5.75 Å². The van der Waals surface area contributed by atoms with E-state index in [4.69, 9.17) is 16.3 Å². The van der Waals surface area contributed by atoms with Gasteiger partial charge in [0, 0.05) is 17.1 Å². The highest BCUT2D eigenvalue weighted by Gasteiger charge is 2.08. The second-order valence-electron chi connectivity index (χ2n) is 2.86. The van der Waals surface area contributed by atoms with Gasteiger partial charge >= 0.3 is 0 Å². The molecule has 0 spiro atoms. The van der Waals surface area contributed by atoms with Crippen molar-refractivity contribution in [3.05, 3.63) is 27.2 Å². The SMILES string of the molecule is CCNCc1cc(Cl)cc(Br)c1OC. The Morgan fingerprint density at radius 3 is 2.79 bits per heavy atom. The Morgan fingerprint density at radius 1 is 1.50 bits per heavy atom. The van der Waals surface area contributed by atoms with E-state index in [1.165, 1.54) is 0 Å². The van der Waals surface area contributed by atoms with E-state index in [1.807, 2.05) is 12.1 Å². The van der Waals surface area contributed by atoms with Gasteiger partial charge in [-0.15, -0.1) is 0 Å². The molecule has 0 aliphatic rings. The molecule has 0 atom stereocenters. The summed E-state index contributed by atoms with van der Waals surface area (Å²) < 4.78 is 6.17. The molecule has 1 aromatic carbocycles. The van der Waals surface area contributed by atoms with E-state index in [0.29, 0.717) is 5.02 Å². The van der Waals surface area contributed by atoms with E-state index in [1.54, 1.807) is 7.11 Å². The molecule has 1 N–H and O–H groups in total. The third-order valence-electron chi connectivity index (χ3n) is 1.85. The molecule has 0 aromatic heterocycles. The van der Waals surface area contributed by atoms with E-state index < -0.39 is 0 Å². The van der Waals surface area contributed by atoms with Gasteiger partial charge in [0.1, 0.15) is 5.75 Å². The van der Waals surface area contributed by atoms with E-state index in [9.17, 15) is 0 Å². The number of ether oxygens (including phenoxy) is 1. The zero-order valence-corrected chi connectivity index (χ0v) is 10.6. The Hall–Kier alpha value is -0.250. The van der Waals surface area contributed by atoms with Gasteiger partial charge in [-0.3, -0.25) is 0 Å². The maximum Gasteiger partial charge on any atom is 0.137 e. The van der Waals surface area contributed by atoms with Crippen LogP contribution in [-0.2, 0) is 6.54 Å². The van der Waals surface area contributed by atoms with Gasteiger partial charge in [0.15, 0.2) is 0 Å². The minimum Gasteiger partial charge on any atom is -0.495 e. The highest BCUT2D eigenvalue weighted by Crippen LogP contribution is 2.32. The van der Waals surface area contributed by atoms with Crippen molar-refractivity contribution < 1.29 is 4.74 Å². The predicted octanol–water partition coefficient (Wildman–Crippen LogP) is 3.22. The number of nitrogens with one attached hydrogen (secondary N) is 1. The Bertz CT molecular complexity index is 317. The summed E-state index contributed by atoms with van der Waals surface area (Å²) in [7, 11) is 1.66. The molecular weight excluding hydrogens is 265 g/mol. The predicted molar refractivity (Wildman–Crippen MR) is 63.1 cm³/mol. The maximum atomic E-state index is 5.94. The van der Waals surface area contributed by atoms with Crippen molar-refractivity contribution in [2.24, 2.45) is 0 Å². The molecule has 1 rings (SSSR count). The van der Waals surface area contributed by atoms with E-state index >= 15 is 0 Å². The van der Waals surface area contributed by atoms with Crippen molar-refractivity contribution in [3.63, 3.8) is 0 Å². The quantitative estimate of drug-likeness (QED) is 0.913. The zero-order valence-electron chi connectivity index (χ0n) is 8.23. The first-order valence-electron chi connectivity index (χ1n) is 4.41. The van der Waals surface area contributed by atoms with Gasteiger partial charge in [-0.2, -0.15) is 0 Å². The number of hydrogen-bond acceptors (Lipinski definition) is 2. The fourth-order valence-corrected chi connectivity index (χ4v) is 2.27. The van der Waals surface area contributed by atoms with E-state index in [2.05, 4.69) is 28.2 Å². The fraction of sp³-hybridized carbons (Fsp3) is 0.400. The van der Waals surface area contributed by atoms with Crippen LogP contribution >= 0.6 is 27.5 Å². The van der Waals surface area contributed by atoms with Crippen LogP contribution in [0.3, 0.4) is 0 Å². The third-order valence-corrected chi connectivity index (χ3v) is 2.66. The smallest absolute Gasteiger partial charge is 0.137 e. The molecule has 1 aromatic rings. The fourth-order valence-electron chi connectivity index (χ4n) is 1.23. The van der Waals surface area contributed by atoms with Crippen LogP contribution in [0, 0.1) is 0 Å². The van der Waals surface area contributed by atoms with Gasteiger partial charge < -0.3 is 10.1 Å². The summed E-state index contributed by atoms with van der Waals surface area (Å²) >= 11 is 9.36. The molecule has 0 radical (unpaired) electrons. The average molecular weight is 279 g/mol. The Balaban J connectivity index is 2.99. The van der Waals surface area contributed by atoms with Crippen LogP contribution in [0.4, 0.5) is 0 Å². The first-order chi connectivity index (χ1) is 6.69. The molecule has 0 unspecified atom stereocenters. The number of hydrogen-bond donors (Lipinski definition) is 1. The Kier molecular flexibility index (Phi) is 4.72. The average Bonchev–Trinajstić information content (AvgIpc) is 2.14. The van der Waals surface area contributed by atoms with Crippen molar-refractivity contribution >= 4 is 27.5 Å². The molecule has 0 aliphatic heterocycles. The van der Waals surface area contributed by atoms with Crippen molar-refractivity contribution in [1.29, 1.82) is 0 Å². The standard InChI is InChI=1S/C10H13BrClNO/c1-3-13-6-7-4-8(12)5-9(11)10(7)14-2/h4-5,13H,3,6H2,1-2H3. The van der Waals surface area contributed by atoms with Gasteiger partial charge in [-0.1, -0.05) is 18.5 Å². The number of halogens is 2. The summed E-state index contributed by atoms with van der Waals surface area (Å²) in [5, 5.41) is 3.95. The van der Waals surface area contributed by atoms with Crippen LogP contribution in [0.5, 0.6) is 5.75 Å². The number of benzene rings is 1. The summed E-state index contributed by atoms with van der Waals surface area (Å²) in [5.41, 5.74) is 1.06. The van der Waals surface area contributed by atoms with E-state index in [0.717, 1.165) is 28.9 Å². The Morgan fingerprint density at radius 2 is 2.21 bits per heavy atom.